The molecule has 0 radical (unpaired) electrons. The van der Waals surface area contributed by atoms with Gasteiger partial charge in [-0.3, -0.25) is 0 Å². The lowest BCUT2D eigenvalue weighted by molar-refractivity contribution is 0.627. The van der Waals surface area contributed by atoms with Gasteiger partial charge in [-0.05, 0) is 63.3 Å². The van der Waals surface area contributed by atoms with Gasteiger partial charge in [0, 0.05) is 9.75 Å². The molecular weight excluding hydrogens is 398 g/mol. The summed E-state index contributed by atoms with van der Waals surface area (Å²) in [4.78, 5) is 2.39. The third-order valence-electron chi connectivity index (χ3n) is 6.30. The van der Waals surface area contributed by atoms with Crippen molar-refractivity contribution in [3.05, 3.63) is 66.2 Å². The van der Waals surface area contributed by atoms with Crippen molar-refractivity contribution < 1.29 is 8.78 Å². The van der Waals surface area contributed by atoms with E-state index in [9.17, 15) is 8.78 Å². The van der Waals surface area contributed by atoms with Gasteiger partial charge in [0.2, 0.25) is 0 Å². The van der Waals surface area contributed by atoms with Crippen LogP contribution < -0.4 is 5.19 Å². The Hall–Kier alpha value is -1.78. The van der Waals surface area contributed by atoms with Gasteiger partial charge in [0.1, 0.15) is 11.6 Å². The summed E-state index contributed by atoms with van der Waals surface area (Å²) in [6.45, 7) is 14.1. The molecule has 4 heteroatoms. The van der Waals surface area contributed by atoms with Gasteiger partial charge in [-0.25, -0.2) is 8.78 Å². The highest BCUT2D eigenvalue weighted by Gasteiger charge is 2.46. The van der Waals surface area contributed by atoms with E-state index in [-0.39, 0.29) is 11.6 Å². The van der Waals surface area contributed by atoms with Gasteiger partial charge in [-0.2, -0.15) is 0 Å². The summed E-state index contributed by atoms with van der Waals surface area (Å²) in [6.07, 6.45) is 0. The molecule has 0 amide bonds. The van der Waals surface area contributed by atoms with E-state index in [4.69, 9.17) is 0 Å². The SMILES string of the molecule is CC(C)[Si](c1cc(-c2ccc(F)cc2)sc1-c1ccc(F)cc1)(C(C)C)C(C)C. The van der Waals surface area contributed by atoms with Crippen LogP contribution in [-0.2, 0) is 0 Å². The highest BCUT2D eigenvalue weighted by molar-refractivity contribution is 7.21. The second-order valence-corrected chi connectivity index (χ2v) is 15.7. The zero-order valence-corrected chi connectivity index (χ0v) is 19.9. The Labute approximate surface area is 178 Å². The zero-order valence-electron chi connectivity index (χ0n) is 18.1. The molecule has 29 heavy (non-hydrogen) atoms. The Morgan fingerprint density at radius 3 is 1.48 bits per heavy atom. The minimum absolute atomic E-state index is 0.217. The second kappa shape index (κ2) is 8.53. The lowest BCUT2D eigenvalue weighted by Crippen LogP contribution is -2.55. The fourth-order valence-corrected chi connectivity index (χ4v) is 13.9. The molecule has 154 valence electrons. The summed E-state index contributed by atoms with van der Waals surface area (Å²) < 4.78 is 27.1. The first kappa shape index (κ1) is 21.9. The van der Waals surface area contributed by atoms with Crippen LogP contribution in [0.4, 0.5) is 8.78 Å². The number of benzene rings is 2. The standard InChI is InChI=1S/C25H30F2SSi/c1-16(2)29(17(3)4,18(5)6)24-15-23(19-7-11-21(26)12-8-19)28-25(24)20-9-13-22(27)14-10-20/h7-18H,1-6H3. The highest BCUT2D eigenvalue weighted by Crippen LogP contribution is 2.46. The molecule has 0 atom stereocenters. The highest BCUT2D eigenvalue weighted by atomic mass is 32.1. The quantitative estimate of drug-likeness (QED) is 0.347. The van der Waals surface area contributed by atoms with Crippen LogP contribution in [0.1, 0.15) is 41.5 Å². The molecule has 0 nitrogen and oxygen atoms in total. The van der Waals surface area contributed by atoms with Gasteiger partial charge >= 0.3 is 0 Å². The number of halogens is 2. The van der Waals surface area contributed by atoms with Crippen molar-refractivity contribution in [1.82, 2.24) is 0 Å². The molecule has 3 aromatic rings. The largest absolute Gasteiger partial charge is 0.207 e. The molecule has 3 rings (SSSR count). The summed E-state index contributed by atoms with van der Waals surface area (Å²) in [5.41, 5.74) is 3.80. The normalized spacial score (nSPS) is 12.4. The van der Waals surface area contributed by atoms with Crippen molar-refractivity contribution in [3.8, 4) is 20.9 Å². The van der Waals surface area contributed by atoms with E-state index in [0.717, 1.165) is 16.0 Å². The molecule has 0 unspecified atom stereocenters. The van der Waals surface area contributed by atoms with Crippen molar-refractivity contribution in [2.45, 2.75) is 58.2 Å². The Balaban J connectivity index is 2.31. The molecule has 0 saturated carbocycles. The molecular formula is C25H30F2SSi. The van der Waals surface area contributed by atoms with Crippen molar-refractivity contribution in [3.63, 3.8) is 0 Å². The van der Waals surface area contributed by atoms with Crippen molar-refractivity contribution in [1.29, 1.82) is 0 Å². The number of thiophene rings is 1. The first-order valence-electron chi connectivity index (χ1n) is 10.3. The fraction of sp³-hybridized carbons (Fsp3) is 0.360. The van der Waals surface area contributed by atoms with E-state index >= 15 is 0 Å². The minimum atomic E-state index is -1.92. The van der Waals surface area contributed by atoms with Crippen LogP contribution >= 0.6 is 11.3 Å². The topological polar surface area (TPSA) is 0 Å². The molecule has 2 aromatic carbocycles. The summed E-state index contributed by atoms with van der Waals surface area (Å²) in [7, 11) is -1.92. The Morgan fingerprint density at radius 1 is 0.655 bits per heavy atom. The molecule has 0 N–H and O–H groups in total. The van der Waals surface area contributed by atoms with Gasteiger partial charge in [-0.1, -0.05) is 65.8 Å². The smallest absolute Gasteiger partial charge is 0.123 e. The molecule has 0 aliphatic heterocycles. The number of hydrogen-bond acceptors (Lipinski definition) is 1. The third kappa shape index (κ3) is 3.97. The van der Waals surface area contributed by atoms with E-state index in [1.807, 2.05) is 24.3 Å². The lowest BCUT2D eigenvalue weighted by atomic mass is 10.1. The van der Waals surface area contributed by atoms with Crippen molar-refractivity contribution in [2.24, 2.45) is 0 Å². The van der Waals surface area contributed by atoms with Gasteiger partial charge in [0.25, 0.3) is 0 Å². The van der Waals surface area contributed by atoms with Gasteiger partial charge in [0.15, 0.2) is 0 Å². The molecule has 0 spiro atoms. The van der Waals surface area contributed by atoms with Crippen LogP contribution in [0.3, 0.4) is 0 Å². The lowest BCUT2D eigenvalue weighted by Gasteiger charge is -2.43. The first-order valence-corrected chi connectivity index (χ1v) is 13.4. The zero-order chi connectivity index (χ0) is 21.3. The number of rotatable bonds is 6. The van der Waals surface area contributed by atoms with Crippen LogP contribution in [0.5, 0.6) is 0 Å². The molecule has 0 aliphatic rings. The third-order valence-corrected chi connectivity index (χ3v) is 14.8. The van der Waals surface area contributed by atoms with Gasteiger partial charge in [0.05, 0.1) is 8.07 Å². The maximum absolute atomic E-state index is 13.6. The van der Waals surface area contributed by atoms with Crippen molar-refractivity contribution in [2.75, 3.05) is 0 Å². The van der Waals surface area contributed by atoms with Crippen molar-refractivity contribution >= 4 is 24.6 Å². The molecule has 0 saturated heterocycles. The Bertz CT molecular complexity index is 932. The summed E-state index contributed by atoms with van der Waals surface area (Å²) in [6, 6.07) is 15.9. The van der Waals surface area contributed by atoms with E-state index in [1.54, 1.807) is 23.5 Å². The van der Waals surface area contributed by atoms with Crippen LogP contribution in [0, 0.1) is 11.6 Å². The summed E-state index contributed by atoms with van der Waals surface area (Å²) >= 11 is 1.75. The number of hydrogen-bond donors (Lipinski definition) is 0. The van der Waals surface area contributed by atoms with E-state index in [2.05, 4.69) is 47.6 Å². The van der Waals surface area contributed by atoms with Crippen LogP contribution in [0.15, 0.2) is 54.6 Å². The monoisotopic (exact) mass is 428 g/mol. The van der Waals surface area contributed by atoms with Crippen LogP contribution in [0.25, 0.3) is 20.9 Å². The van der Waals surface area contributed by atoms with Gasteiger partial charge < -0.3 is 0 Å². The Morgan fingerprint density at radius 2 is 1.07 bits per heavy atom. The minimum Gasteiger partial charge on any atom is -0.207 e. The maximum atomic E-state index is 13.6. The Kier molecular flexibility index (Phi) is 6.44. The van der Waals surface area contributed by atoms with Gasteiger partial charge in [-0.15, -0.1) is 11.3 Å². The average Bonchev–Trinajstić information content (AvgIpc) is 3.08. The summed E-state index contributed by atoms with van der Waals surface area (Å²) in [5.74, 6) is -0.440. The van der Waals surface area contributed by atoms with E-state index < -0.39 is 8.07 Å². The van der Waals surface area contributed by atoms with Crippen LogP contribution in [-0.4, -0.2) is 8.07 Å². The molecule has 0 fully saturated rings. The first-order chi connectivity index (χ1) is 13.7. The maximum Gasteiger partial charge on any atom is 0.123 e. The molecule has 1 heterocycles. The van der Waals surface area contributed by atoms with E-state index in [0.29, 0.717) is 16.6 Å². The predicted octanol–water partition coefficient (Wildman–Crippen LogP) is 8.25. The van der Waals surface area contributed by atoms with E-state index in [1.165, 1.54) is 22.2 Å². The molecule has 0 aliphatic carbocycles. The van der Waals surface area contributed by atoms with Crippen LogP contribution in [0.2, 0.25) is 16.6 Å². The summed E-state index contributed by atoms with van der Waals surface area (Å²) in [5, 5.41) is 1.45. The molecule has 1 aromatic heterocycles. The predicted molar refractivity (Wildman–Crippen MR) is 126 cm³/mol. The average molecular weight is 429 g/mol. The molecule has 0 bridgehead atoms. The fourth-order valence-electron chi connectivity index (χ4n) is 5.22. The second-order valence-electron chi connectivity index (χ2n) is 8.76.